The van der Waals surface area contributed by atoms with E-state index in [-0.39, 0.29) is 5.91 Å². The number of hydrogen-bond donors (Lipinski definition) is 2. The second-order valence-corrected chi connectivity index (χ2v) is 7.27. The van der Waals surface area contributed by atoms with Gasteiger partial charge in [-0.1, -0.05) is 36.4 Å². The Morgan fingerprint density at radius 3 is 2.34 bits per heavy atom. The summed E-state index contributed by atoms with van der Waals surface area (Å²) in [6.07, 6.45) is 0. The minimum atomic E-state index is -0.553. The van der Waals surface area contributed by atoms with Gasteiger partial charge >= 0.3 is 0 Å². The van der Waals surface area contributed by atoms with E-state index in [1.807, 2.05) is 81.4 Å². The fourth-order valence-corrected chi connectivity index (χ4v) is 3.51. The normalized spacial score (nSPS) is 12.0. The van der Waals surface area contributed by atoms with E-state index in [2.05, 4.69) is 21.7 Å². The third-order valence-electron chi connectivity index (χ3n) is 4.69. The highest BCUT2D eigenvalue weighted by Crippen LogP contribution is 2.25. The van der Waals surface area contributed by atoms with E-state index in [0.717, 1.165) is 39.2 Å². The average Bonchev–Trinajstić information content (AvgIpc) is 3.05. The minimum absolute atomic E-state index is 0.127. The lowest BCUT2D eigenvalue weighted by molar-refractivity contribution is -0.117. The SMILES string of the molecule is Cc1cc(C)cc(NC(=O)[C@H](Nc2ccc3oc(C)nc3c2)c2ccccc2)c1. The Morgan fingerprint density at radius 2 is 1.62 bits per heavy atom. The van der Waals surface area contributed by atoms with Crippen LogP contribution in [0.5, 0.6) is 0 Å². The molecule has 0 unspecified atom stereocenters. The van der Waals surface area contributed by atoms with Gasteiger partial charge in [-0.05, 0) is 60.9 Å². The Bertz CT molecular complexity index is 1150. The van der Waals surface area contributed by atoms with Crippen molar-refractivity contribution in [2.45, 2.75) is 26.8 Å². The molecular formula is C24H23N3O2. The summed E-state index contributed by atoms with van der Waals surface area (Å²) in [4.78, 5) is 17.6. The Balaban J connectivity index is 1.64. The van der Waals surface area contributed by atoms with Crippen LogP contribution in [0.3, 0.4) is 0 Å². The van der Waals surface area contributed by atoms with E-state index < -0.39 is 6.04 Å². The van der Waals surface area contributed by atoms with E-state index in [0.29, 0.717) is 5.89 Å². The molecule has 0 aliphatic rings. The van der Waals surface area contributed by atoms with Crippen LogP contribution in [0.25, 0.3) is 11.1 Å². The van der Waals surface area contributed by atoms with Gasteiger partial charge in [-0.25, -0.2) is 4.98 Å². The molecular weight excluding hydrogens is 362 g/mol. The number of nitrogens with one attached hydrogen (secondary N) is 2. The molecule has 146 valence electrons. The maximum absolute atomic E-state index is 13.2. The summed E-state index contributed by atoms with van der Waals surface area (Å²) in [5.41, 5.74) is 6.17. The Morgan fingerprint density at radius 1 is 0.897 bits per heavy atom. The summed E-state index contributed by atoms with van der Waals surface area (Å²) in [7, 11) is 0. The molecule has 1 atom stereocenters. The summed E-state index contributed by atoms with van der Waals surface area (Å²) < 4.78 is 5.54. The van der Waals surface area contributed by atoms with Crippen LogP contribution in [0.15, 0.2) is 71.1 Å². The number of aromatic nitrogens is 1. The Hall–Kier alpha value is -3.60. The lowest BCUT2D eigenvalue weighted by Crippen LogP contribution is -2.27. The zero-order valence-corrected chi connectivity index (χ0v) is 16.7. The molecule has 0 radical (unpaired) electrons. The Labute approximate surface area is 169 Å². The van der Waals surface area contributed by atoms with Crippen LogP contribution in [0.1, 0.15) is 28.6 Å². The average molecular weight is 385 g/mol. The lowest BCUT2D eigenvalue weighted by Gasteiger charge is -2.20. The molecule has 0 fully saturated rings. The standard InChI is InChI=1S/C24H23N3O2/c1-15-11-16(2)13-20(12-15)27-24(28)23(18-7-5-4-6-8-18)26-19-9-10-22-21(14-19)25-17(3)29-22/h4-14,23,26H,1-3H3,(H,27,28)/t23-/m1/s1. The summed E-state index contributed by atoms with van der Waals surface area (Å²) in [6, 6.07) is 20.8. The largest absolute Gasteiger partial charge is 0.441 e. The van der Waals surface area contributed by atoms with Gasteiger partial charge in [0.05, 0.1) is 0 Å². The van der Waals surface area contributed by atoms with Crippen LogP contribution >= 0.6 is 0 Å². The quantitative estimate of drug-likeness (QED) is 0.473. The Kier molecular flexibility index (Phi) is 5.04. The van der Waals surface area contributed by atoms with Crippen LogP contribution in [0, 0.1) is 20.8 Å². The summed E-state index contributed by atoms with van der Waals surface area (Å²) >= 11 is 0. The first-order chi connectivity index (χ1) is 14.0. The van der Waals surface area contributed by atoms with Crippen molar-refractivity contribution >= 4 is 28.4 Å². The van der Waals surface area contributed by atoms with Gasteiger partial charge in [0.15, 0.2) is 11.5 Å². The highest BCUT2D eigenvalue weighted by molar-refractivity contribution is 5.97. The predicted octanol–water partition coefficient (Wildman–Crippen LogP) is 5.54. The molecule has 4 aromatic rings. The molecule has 1 heterocycles. The first kappa shape index (κ1) is 18.7. The van der Waals surface area contributed by atoms with Gasteiger partial charge in [-0.3, -0.25) is 4.79 Å². The van der Waals surface area contributed by atoms with E-state index in [1.54, 1.807) is 0 Å². The number of anilines is 2. The molecule has 29 heavy (non-hydrogen) atoms. The summed E-state index contributed by atoms with van der Waals surface area (Å²) in [5, 5.41) is 6.40. The molecule has 1 aromatic heterocycles. The van der Waals surface area contributed by atoms with Crippen molar-refractivity contribution in [2.75, 3.05) is 10.6 Å². The van der Waals surface area contributed by atoms with Gasteiger partial charge in [-0.15, -0.1) is 0 Å². The summed E-state index contributed by atoms with van der Waals surface area (Å²) in [6.45, 7) is 5.85. The first-order valence-corrected chi connectivity index (χ1v) is 9.56. The lowest BCUT2D eigenvalue weighted by atomic mass is 10.0. The molecule has 5 nitrogen and oxygen atoms in total. The van der Waals surface area contributed by atoms with Gasteiger partial charge in [-0.2, -0.15) is 0 Å². The second-order valence-electron chi connectivity index (χ2n) is 7.27. The monoisotopic (exact) mass is 385 g/mol. The number of rotatable bonds is 5. The van der Waals surface area contributed by atoms with Gasteiger partial charge < -0.3 is 15.1 Å². The fourth-order valence-electron chi connectivity index (χ4n) is 3.51. The number of carbonyl (C=O) groups is 1. The minimum Gasteiger partial charge on any atom is -0.441 e. The maximum atomic E-state index is 13.2. The van der Waals surface area contributed by atoms with Crippen LogP contribution in [-0.2, 0) is 4.79 Å². The number of aryl methyl sites for hydroxylation is 3. The van der Waals surface area contributed by atoms with Crippen LogP contribution in [-0.4, -0.2) is 10.9 Å². The molecule has 0 saturated heterocycles. The number of fused-ring (bicyclic) bond motifs is 1. The van der Waals surface area contributed by atoms with E-state index in [4.69, 9.17) is 4.42 Å². The predicted molar refractivity (Wildman–Crippen MR) is 116 cm³/mol. The molecule has 1 amide bonds. The van der Waals surface area contributed by atoms with E-state index in [9.17, 15) is 4.79 Å². The van der Waals surface area contributed by atoms with Crippen molar-refractivity contribution in [1.82, 2.24) is 4.98 Å². The van der Waals surface area contributed by atoms with Crippen molar-refractivity contribution in [3.63, 3.8) is 0 Å². The fraction of sp³-hybridized carbons (Fsp3) is 0.167. The van der Waals surface area contributed by atoms with Crippen molar-refractivity contribution in [2.24, 2.45) is 0 Å². The molecule has 0 aliphatic carbocycles. The van der Waals surface area contributed by atoms with Crippen LogP contribution in [0.4, 0.5) is 11.4 Å². The van der Waals surface area contributed by atoms with Gasteiger partial charge in [0.1, 0.15) is 11.6 Å². The van der Waals surface area contributed by atoms with Gasteiger partial charge in [0.25, 0.3) is 5.91 Å². The topological polar surface area (TPSA) is 67.2 Å². The zero-order valence-electron chi connectivity index (χ0n) is 16.7. The van der Waals surface area contributed by atoms with Crippen LogP contribution in [0.2, 0.25) is 0 Å². The molecule has 0 aliphatic heterocycles. The highest BCUT2D eigenvalue weighted by Gasteiger charge is 2.21. The zero-order chi connectivity index (χ0) is 20.4. The maximum Gasteiger partial charge on any atom is 0.251 e. The van der Waals surface area contributed by atoms with Crippen molar-refractivity contribution in [3.05, 3.63) is 89.3 Å². The summed E-state index contributed by atoms with van der Waals surface area (Å²) in [5.74, 6) is 0.488. The molecule has 2 N–H and O–H groups in total. The van der Waals surface area contributed by atoms with Crippen LogP contribution < -0.4 is 10.6 Å². The number of carbonyl (C=O) groups excluding carboxylic acids is 1. The number of benzene rings is 3. The first-order valence-electron chi connectivity index (χ1n) is 9.56. The molecule has 0 saturated carbocycles. The van der Waals surface area contributed by atoms with Gasteiger partial charge in [0.2, 0.25) is 0 Å². The molecule has 3 aromatic carbocycles. The van der Waals surface area contributed by atoms with E-state index >= 15 is 0 Å². The number of nitrogens with zero attached hydrogens (tertiary/aromatic N) is 1. The van der Waals surface area contributed by atoms with E-state index in [1.165, 1.54) is 0 Å². The number of hydrogen-bond acceptors (Lipinski definition) is 4. The smallest absolute Gasteiger partial charge is 0.251 e. The van der Waals surface area contributed by atoms with Gasteiger partial charge in [0, 0.05) is 18.3 Å². The molecule has 5 heteroatoms. The third-order valence-corrected chi connectivity index (χ3v) is 4.69. The number of amides is 1. The molecule has 0 bridgehead atoms. The third kappa shape index (κ3) is 4.29. The molecule has 0 spiro atoms. The second kappa shape index (κ2) is 7.80. The highest BCUT2D eigenvalue weighted by atomic mass is 16.3. The van der Waals surface area contributed by atoms with Crippen molar-refractivity contribution in [3.8, 4) is 0 Å². The molecule has 4 rings (SSSR count). The van der Waals surface area contributed by atoms with Crippen molar-refractivity contribution < 1.29 is 9.21 Å². The van der Waals surface area contributed by atoms with Crippen molar-refractivity contribution in [1.29, 1.82) is 0 Å². The number of oxazole rings is 1.